The molecule has 4 nitrogen and oxygen atoms in total. The van der Waals surface area contributed by atoms with E-state index in [0.29, 0.717) is 0 Å². The summed E-state index contributed by atoms with van der Waals surface area (Å²) in [6.07, 6.45) is 3.99. The highest BCUT2D eigenvalue weighted by atomic mass is 35.5. The Balaban J connectivity index is 2.02. The van der Waals surface area contributed by atoms with Crippen molar-refractivity contribution in [2.24, 2.45) is 0 Å². The molecule has 2 aromatic rings. The summed E-state index contributed by atoms with van der Waals surface area (Å²) >= 11 is 5.90. The van der Waals surface area contributed by atoms with Crippen molar-refractivity contribution in [1.29, 1.82) is 0 Å². The number of hydrogen-bond acceptors (Lipinski definition) is 4. The summed E-state index contributed by atoms with van der Waals surface area (Å²) in [6.45, 7) is 7.02. The number of anilines is 2. The fourth-order valence-corrected chi connectivity index (χ4v) is 2.37. The standard InChI is InChI=1S/C17H23ClN4/c1-3-11-22(12-4-2)17-19-10-9-16(21-17)20-13-14-5-7-15(18)8-6-14/h5-10H,3-4,11-13H2,1-2H3,(H,19,20,21). The van der Waals surface area contributed by atoms with Gasteiger partial charge in [0, 0.05) is 30.9 Å². The first kappa shape index (κ1) is 16.6. The predicted molar refractivity (Wildman–Crippen MR) is 93.6 cm³/mol. The molecule has 0 atom stereocenters. The summed E-state index contributed by atoms with van der Waals surface area (Å²) in [5.41, 5.74) is 1.17. The highest BCUT2D eigenvalue weighted by molar-refractivity contribution is 6.30. The number of aromatic nitrogens is 2. The molecule has 0 spiro atoms. The Labute approximate surface area is 137 Å². The highest BCUT2D eigenvalue weighted by Crippen LogP contribution is 2.14. The Kier molecular flexibility index (Phi) is 6.46. The van der Waals surface area contributed by atoms with Gasteiger partial charge in [0.25, 0.3) is 0 Å². The van der Waals surface area contributed by atoms with Crippen LogP contribution in [0.1, 0.15) is 32.3 Å². The molecule has 1 heterocycles. The molecule has 0 saturated heterocycles. The van der Waals surface area contributed by atoms with Crippen LogP contribution < -0.4 is 10.2 Å². The summed E-state index contributed by atoms with van der Waals surface area (Å²) in [7, 11) is 0. The average molecular weight is 319 g/mol. The second-order valence-corrected chi connectivity index (χ2v) is 5.65. The first-order valence-corrected chi connectivity index (χ1v) is 8.17. The van der Waals surface area contributed by atoms with E-state index >= 15 is 0 Å². The fourth-order valence-electron chi connectivity index (χ4n) is 2.25. The van der Waals surface area contributed by atoms with Gasteiger partial charge in [-0.15, -0.1) is 0 Å². The summed E-state index contributed by atoms with van der Waals surface area (Å²) in [6, 6.07) is 9.72. The van der Waals surface area contributed by atoms with E-state index in [9.17, 15) is 0 Å². The molecule has 0 unspecified atom stereocenters. The number of hydrogen-bond donors (Lipinski definition) is 1. The lowest BCUT2D eigenvalue weighted by atomic mass is 10.2. The molecule has 0 amide bonds. The van der Waals surface area contributed by atoms with Crippen LogP contribution in [0.5, 0.6) is 0 Å². The Hall–Kier alpha value is -1.81. The smallest absolute Gasteiger partial charge is 0.227 e. The molecule has 0 fully saturated rings. The highest BCUT2D eigenvalue weighted by Gasteiger charge is 2.08. The summed E-state index contributed by atoms with van der Waals surface area (Å²) in [5, 5.41) is 4.09. The minimum absolute atomic E-state index is 0.717. The fraction of sp³-hybridized carbons (Fsp3) is 0.412. The van der Waals surface area contributed by atoms with E-state index in [4.69, 9.17) is 11.6 Å². The zero-order valence-corrected chi connectivity index (χ0v) is 14.0. The molecule has 5 heteroatoms. The van der Waals surface area contributed by atoms with Crippen molar-refractivity contribution in [3.05, 3.63) is 47.1 Å². The SMILES string of the molecule is CCCN(CCC)c1nccc(NCc2ccc(Cl)cc2)n1. The normalized spacial score (nSPS) is 10.5. The minimum Gasteiger partial charge on any atom is -0.366 e. The van der Waals surface area contributed by atoms with Crippen molar-refractivity contribution in [1.82, 2.24) is 9.97 Å². The Morgan fingerprint density at radius 2 is 1.73 bits per heavy atom. The molecule has 2 rings (SSSR count). The third-order valence-electron chi connectivity index (χ3n) is 3.30. The van der Waals surface area contributed by atoms with Crippen LogP contribution in [-0.4, -0.2) is 23.1 Å². The Morgan fingerprint density at radius 1 is 1.05 bits per heavy atom. The maximum atomic E-state index is 5.90. The van der Waals surface area contributed by atoms with Gasteiger partial charge in [0.2, 0.25) is 5.95 Å². The van der Waals surface area contributed by atoms with E-state index in [1.165, 1.54) is 5.56 Å². The lowest BCUT2D eigenvalue weighted by Gasteiger charge is -2.21. The van der Waals surface area contributed by atoms with Crippen LogP contribution >= 0.6 is 11.6 Å². The van der Waals surface area contributed by atoms with E-state index in [1.807, 2.05) is 36.5 Å². The van der Waals surface area contributed by atoms with Gasteiger partial charge in [-0.2, -0.15) is 4.98 Å². The van der Waals surface area contributed by atoms with Crippen LogP contribution in [0.3, 0.4) is 0 Å². The van der Waals surface area contributed by atoms with Gasteiger partial charge < -0.3 is 10.2 Å². The molecule has 1 aromatic heterocycles. The van der Waals surface area contributed by atoms with Gasteiger partial charge in [-0.1, -0.05) is 37.6 Å². The molecule has 0 radical (unpaired) electrons. The van der Waals surface area contributed by atoms with Crippen molar-refractivity contribution in [2.45, 2.75) is 33.2 Å². The monoisotopic (exact) mass is 318 g/mol. The Bertz CT molecular complexity index is 565. The van der Waals surface area contributed by atoms with Gasteiger partial charge in [0.05, 0.1) is 0 Å². The van der Waals surface area contributed by atoms with E-state index in [0.717, 1.165) is 49.3 Å². The first-order valence-electron chi connectivity index (χ1n) is 7.79. The molecule has 0 saturated carbocycles. The van der Waals surface area contributed by atoms with Crippen LogP contribution in [0, 0.1) is 0 Å². The van der Waals surface area contributed by atoms with Gasteiger partial charge in [-0.25, -0.2) is 4.98 Å². The molecule has 1 aromatic carbocycles. The maximum absolute atomic E-state index is 5.90. The Morgan fingerprint density at radius 3 is 2.36 bits per heavy atom. The molecule has 0 aliphatic heterocycles. The van der Waals surface area contributed by atoms with E-state index in [1.54, 1.807) is 0 Å². The van der Waals surface area contributed by atoms with Crippen molar-refractivity contribution in [3.63, 3.8) is 0 Å². The summed E-state index contributed by atoms with van der Waals surface area (Å²) < 4.78 is 0. The molecular weight excluding hydrogens is 296 g/mol. The number of rotatable bonds is 8. The lowest BCUT2D eigenvalue weighted by molar-refractivity contribution is 0.721. The molecule has 1 N–H and O–H groups in total. The summed E-state index contributed by atoms with van der Waals surface area (Å²) in [4.78, 5) is 11.3. The topological polar surface area (TPSA) is 41.1 Å². The molecule has 0 bridgehead atoms. The molecular formula is C17H23ClN4. The van der Waals surface area contributed by atoms with Crippen molar-refractivity contribution in [2.75, 3.05) is 23.3 Å². The van der Waals surface area contributed by atoms with Crippen LogP contribution in [0.15, 0.2) is 36.5 Å². The van der Waals surface area contributed by atoms with E-state index < -0.39 is 0 Å². The van der Waals surface area contributed by atoms with Crippen LogP contribution in [0.2, 0.25) is 5.02 Å². The number of halogens is 1. The van der Waals surface area contributed by atoms with Gasteiger partial charge in [0.1, 0.15) is 5.82 Å². The average Bonchev–Trinajstić information content (AvgIpc) is 2.54. The van der Waals surface area contributed by atoms with E-state index in [2.05, 4.69) is 34.0 Å². The van der Waals surface area contributed by atoms with Crippen molar-refractivity contribution >= 4 is 23.4 Å². The second kappa shape index (κ2) is 8.59. The van der Waals surface area contributed by atoms with Crippen LogP contribution in [0.25, 0.3) is 0 Å². The molecule has 0 aliphatic carbocycles. The lowest BCUT2D eigenvalue weighted by Crippen LogP contribution is -2.27. The number of nitrogens with zero attached hydrogens (tertiary/aromatic N) is 3. The minimum atomic E-state index is 0.717. The van der Waals surface area contributed by atoms with Crippen molar-refractivity contribution in [3.8, 4) is 0 Å². The largest absolute Gasteiger partial charge is 0.366 e. The van der Waals surface area contributed by atoms with E-state index in [-0.39, 0.29) is 0 Å². The van der Waals surface area contributed by atoms with Crippen LogP contribution in [0.4, 0.5) is 11.8 Å². The number of benzene rings is 1. The maximum Gasteiger partial charge on any atom is 0.227 e. The van der Waals surface area contributed by atoms with Gasteiger partial charge >= 0.3 is 0 Å². The third kappa shape index (κ3) is 4.88. The van der Waals surface area contributed by atoms with Crippen molar-refractivity contribution < 1.29 is 0 Å². The number of nitrogens with one attached hydrogen (secondary N) is 1. The zero-order chi connectivity index (χ0) is 15.8. The second-order valence-electron chi connectivity index (χ2n) is 5.21. The van der Waals surface area contributed by atoms with Gasteiger partial charge in [0.15, 0.2) is 0 Å². The zero-order valence-electron chi connectivity index (χ0n) is 13.2. The van der Waals surface area contributed by atoms with Gasteiger partial charge in [-0.05, 0) is 36.6 Å². The molecule has 0 aliphatic rings. The predicted octanol–water partition coefficient (Wildman–Crippen LogP) is 4.37. The third-order valence-corrected chi connectivity index (χ3v) is 3.55. The quantitative estimate of drug-likeness (QED) is 0.784. The first-order chi connectivity index (χ1) is 10.7. The molecule has 118 valence electrons. The molecule has 22 heavy (non-hydrogen) atoms. The van der Waals surface area contributed by atoms with Crippen LogP contribution in [-0.2, 0) is 6.54 Å². The summed E-state index contributed by atoms with van der Waals surface area (Å²) in [5.74, 6) is 1.64. The van der Waals surface area contributed by atoms with Gasteiger partial charge in [-0.3, -0.25) is 0 Å².